The summed E-state index contributed by atoms with van der Waals surface area (Å²) in [5, 5.41) is 3.99. The van der Waals surface area contributed by atoms with Gasteiger partial charge in [0.25, 0.3) is 5.89 Å². The van der Waals surface area contributed by atoms with Crippen molar-refractivity contribution in [3.05, 3.63) is 35.2 Å². The second kappa shape index (κ2) is 5.00. The Morgan fingerprint density at radius 3 is 2.95 bits per heavy atom. The van der Waals surface area contributed by atoms with Crippen LogP contribution in [0.25, 0.3) is 11.5 Å². The maximum Gasteiger partial charge on any atom is 0.258 e. The van der Waals surface area contributed by atoms with E-state index >= 15 is 0 Å². The Kier molecular flexibility index (Phi) is 3.31. The molecule has 1 atom stereocenters. The molecule has 3 rings (SSSR count). The number of hydrogen-bond acceptors (Lipinski definition) is 5. The molecule has 2 N–H and O–H groups in total. The highest BCUT2D eigenvalue weighted by molar-refractivity contribution is 5.56. The SMILES string of the molecule is COCC(C)(N)c1noc(-c2ccc3c(c2)CCC3)n1. The number of aromatic nitrogens is 2. The molecule has 2 aromatic rings. The number of fused-ring (bicyclic) bond motifs is 1. The first-order chi connectivity index (χ1) is 9.60. The minimum absolute atomic E-state index is 0.343. The molecule has 5 heteroatoms. The summed E-state index contributed by atoms with van der Waals surface area (Å²) in [4.78, 5) is 4.41. The molecule has 0 saturated carbocycles. The van der Waals surface area contributed by atoms with E-state index in [4.69, 9.17) is 15.0 Å². The molecule has 1 heterocycles. The lowest BCUT2D eigenvalue weighted by Crippen LogP contribution is -2.38. The van der Waals surface area contributed by atoms with Crippen LogP contribution < -0.4 is 5.73 Å². The molecule has 5 nitrogen and oxygen atoms in total. The lowest BCUT2D eigenvalue weighted by Gasteiger charge is -2.18. The fourth-order valence-electron chi connectivity index (χ4n) is 2.64. The molecule has 1 aromatic heterocycles. The predicted octanol–water partition coefficient (Wildman–Crippen LogP) is 2.05. The molecule has 20 heavy (non-hydrogen) atoms. The zero-order chi connectivity index (χ0) is 14.2. The smallest absolute Gasteiger partial charge is 0.258 e. The molecule has 1 aromatic carbocycles. The minimum Gasteiger partial charge on any atom is -0.382 e. The highest BCUT2D eigenvalue weighted by Gasteiger charge is 2.28. The Bertz CT molecular complexity index is 619. The standard InChI is InChI=1S/C15H19N3O2/c1-15(16,9-19-2)14-17-13(20-18-14)12-7-6-10-4-3-5-11(10)8-12/h6-8H,3-5,9,16H2,1-2H3. The first kappa shape index (κ1) is 13.3. The molecule has 106 valence electrons. The van der Waals surface area contributed by atoms with Crippen molar-refractivity contribution in [1.82, 2.24) is 10.1 Å². The van der Waals surface area contributed by atoms with E-state index in [2.05, 4.69) is 22.3 Å². The minimum atomic E-state index is -0.743. The van der Waals surface area contributed by atoms with Gasteiger partial charge in [-0.3, -0.25) is 0 Å². The van der Waals surface area contributed by atoms with Gasteiger partial charge in [0, 0.05) is 12.7 Å². The van der Waals surface area contributed by atoms with Crippen molar-refractivity contribution < 1.29 is 9.26 Å². The van der Waals surface area contributed by atoms with Gasteiger partial charge in [-0.25, -0.2) is 0 Å². The van der Waals surface area contributed by atoms with Gasteiger partial charge in [-0.1, -0.05) is 11.2 Å². The fraction of sp³-hybridized carbons (Fsp3) is 0.467. The third-order valence-electron chi connectivity index (χ3n) is 3.73. The van der Waals surface area contributed by atoms with E-state index in [1.807, 2.05) is 13.0 Å². The number of ether oxygens (including phenoxy) is 1. The van der Waals surface area contributed by atoms with Gasteiger partial charge in [0.1, 0.15) is 5.54 Å². The number of aryl methyl sites for hydroxylation is 2. The highest BCUT2D eigenvalue weighted by Crippen LogP contribution is 2.28. The van der Waals surface area contributed by atoms with Crippen LogP contribution in [0.3, 0.4) is 0 Å². The molecule has 1 aliphatic rings. The van der Waals surface area contributed by atoms with Crippen molar-refractivity contribution in [2.75, 3.05) is 13.7 Å². The van der Waals surface area contributed by atoms with Crippen molar-refractivity contribution >= 4 is 0 Å². The molecule has 0 saturated heterocycles. The van der Waals surface area contributed by atoms with Crippen molar-refractivity contribution in [2.45, 2.75) is 31.7 Å². The number of rotatable bonds is 4. The summed E-state index contributed by atoms with van der Waals surface area (Å²) in [7, 11) is 1.60. The van der Waals surface area contributed by atoms with Gasteiger partial charge < -0.3 is 15.0 Å². The summed E-state index contributed by atoms with van der Waals surface area (Å²) >= 11 is 0. The van der Waals surface area contributed by atoms with Crippen molar-refractivity contribution in [3.63, 3.8) is 0 Å². The van der Waals surface area contributed by atoms with Crippen LogP contribution in [0.2, 0.25) is 0 Å². The third kappa shape index (κ3) is 2.34. The molecular formula is C15H19N3O2. The summed E-state index contributed by atoms with van der Waals surface area (Å²) in [6.07, 6.45) is 3.52. The Morgan fingerprint density at radius 1 is 1.35 bits per heavy atom. The summed E-state index contributed by atoms with van der Waals surface area (Å²) in [5.74, 6) is 0.984. The molecule has 0 aliphatic heterocycles. The summed E-state index contributed by atoms with van der Waals surface area (Å²) < 4.78 is 10.4. The van der Waals surface area contributed by atoms with Crippen LogP contribution in [0.15, 0.2) is 22.7 Å². The van der Waals surface area contributed by atoms with Crippen molar-refractivity contribution in [1.29, 1.82) is 0 Å². The van der Waals surface area contributed by atoms with Crippen LogP contribution >= 0.6 is 0 Å². The predicted molar refractivity (Wildman–Crippen MR) is 75.2 cm³/mol. The van der Waals surface area contributed by atoms with Crippen LogP contribution in [0.1, 0.15) is 30.3 Å². The second-order valence-electron chi connectivity index (χ2n) is 5.61. The van der Waals surface area contributed by atoms with Crippen LogP contribution in [0, 0.1) is 0 Å². The van der Waals surface area contributed by atoms with Crippen LogP contribution in [-0.2, 0) is 23.1 Å². The zero-order valence-electron chi connectivity index (χ0n) is 11.8. The van der Waals surface area contributed by atoms with Gasteiger partial charge in [-0.2, -0.15) is 4.98 Å². The lowest BCUT2D eigenvalue weighted by molar-refractivity contribution is 0.135. The van der Waals surface area contributed by atoms with E-state index in [-0.39, 0.29) is 0 Å². The number of hydrogen-bond donors (Lipinski definition) is 1. The van der Waals surface area contributed by atoms with E-state index in [0.29, 0.717) is 18.3 Å². The largest absolute Gasteiger partial charge is 0.382 e. The van der Waals surface area contributed by atoms with Gasteiger partial charge >= 0.3 is 0 Å². The summed E-state index contributed by atoms with van der Waals surface area (Å²) in [6.45, 7) is 2.17. The summed E-state index contributed by atoms with van der Waals surface area (Å²) in [6, 6.07) is 6.33. The molecule has 0 fully saturated rings. The van der Waals surface area contributed by atoms with Gasteiger partial charge in [-0.15, -0.1) is 0 Å². The average molecular weight is 273 g/mol. The average Bonchev–Trinajstić information content (AvgIpc) is 3.07. The quantitative estimate of drug-likeness (QED) is 0.922. The molecular weight excluding hydrogens is 254 g/mol. The molecule has 1 unspecified atom stereocenters. The van der Waals surface area contributed by atoms with Gasteiger partial charge in [0.05, 0.1) is 6.61 Å². The molecule has 0 amide bonds. The van der Waals surface area contributed by atoms with Crippen molar-refractivity contribution in [2.24, 2.45) is 5.73 Å². The normalized spacial score (nSPS) is 16.9. The monoisotopic (exact) mass is 273 g/mol. The third-order valence-corrected chi connectivity index (χ3v) is 3.73. The van der Waals surface area contributed by atoms with Crippen LogP contribution in [0.5, 0.6) is 0 Å². The Morgan fingerprint density at radius 2 is 2.15 bits per heavy atom. The van der Waals surface area contributed by atoms with Gasteiger partial charge in [0.15, 0.2) is 5.82 Å². The van der Waals surface area contributed by atoms with Crippen LogP contribution in [-0.4, -0.2) is 23.9 Å². The van der Waals surface area contributed by atoms with E-state index in [9.17, 15) is 0 Å². The maximum atomic E-state index is 6.12. The first-order valence-corrected chi connectivity index (χ1v) is 6.84. The van der Waals surface area contributed by atoms with Gasteiger partial charge in [-0.05, 0) is 49.4 Å². The van der Waals surface area contributed by atoms with Crippen molar-refractivity contribution in [3.8, 4) is 11.5 Å². The highest BCUT2D eigenvalue weighted by atomic mass is 16.5. The maximum absolute atomic E-state index is 6.12. The van der Waals surface area contributed by atoms with E-state index < -0.39 is 5.54 Å². The lowest BCUT2D eigenvalue weighted by atomic mass is 10.0. The second-order valence-corrected chi connectivity index (χ2v) is 5.61. The Balaban J connectivity index is 1.90. The Hall–Kier alpha value is -1.72. The number of nitrogens with zero attached hydrogens (tertiary/aromatic N) is 2. The van der Waals surface area contributed by atoms with E-state index in [1.54, 1.807) is 7.11 Å². The fourth-order valence-corrected chi connectivity index (χ4v) is 2.64. The van der Waals surface area contributed by atoms with Gasteiger partial charge in [0.2, 0.25) is 0 Å². The van der Waals surface area contributed by atoms with E-state index in [1.165, 1.54) is 24.0 Å². The Labute approximate surface area is 118 Å². The number of nitrogens with two attached hydrogens (primary N) is 1. The van der Waals surface area contributed by atoms with Crippen LogP contribution in [0.4, 0.5) is 0 Å². The molecule has 0 bridgehead atoms. The number of methoxy groups -OCH3 is 1. The molecule has 0 spiro atoms. The number of benzene rings is 1. The summed E-state index contributed by atoms with van der Waals surface area (Å²) in [5.41, 5.74) is 9.14. The molecule has 0 radical (unpaired) electrons. The molecule has 1 aliphatic carbocycles. The van der Waals surface area contributed by atoms with E-state index in [0.717, 1.165) is 12.0 Å². The zero-order valence-corrected chi connectivity index (χ0v) is 11.8. The first-order valence-electron chi connectivity index (χ1n) is 6.84. The topological polar surface area (TPSA) is 74.2 Å².